The summed E-state index contributed by atoms with van der Waals surface area (Å²) in [6, 6.07) is 16.6. The van der Waals surface area contributed by atoms with Crippen molar-refractivity contribution in [1.29, 1.82) is 0 Å². The molecule has 4 heteroatoms. The third kappa shape index (κ3) is 2.17. The summed E-state index contributed by atoms with van der Waals surface area (Å²) in [4.78, 5) is 17.4. The minimum absolute atomic E-state index is 0.000916. The first kappa shape index (κ1) is 12.4. The van der Waals surface area contributed by atoms with E-state index in [0.29, 0.717) is 0 Å². The smallest absolute Gasteiger partial charge is 0.306 e. The van der Waals surface area contributed by atoms with Gasteiger partial charge in [-0.1, -0.05) is 42.5 Å². The molecule has 106 valence electrons. The Morgan fingerprint density at radius 2 is 1.86 bits per heavy atom. The highest BCUT2D eigenvalue weighted by atomic mass is 16.1. The largest absolute Gasteiger partial charge is 0.326 e. The Morgan fingerprint density at radius 3 is 2.71 bits per heavy atom. The van der Waals surface area contributed by atoms with E-state index in [1.165, 1.54) is 11.1 Å². The molecular weight excluding hydrogens is 262 g/mol. The van der Waals surface area contributed by atoms with Crippen LogP contribution in [-0.2, 0) is 19.6 Å². The molecule has 0 saturated carbocycles. The molecule has 0 radical (unpaired) electrons. The Balaban J connectivity index is 1.70. The number of para-hydroxylation sites is 1. The molecule has 1 N–H and O–H groups in total. The summed E-state index contributed by atoms with van der Waals surface area (Å²) in [5.41, 5.74) is 4.54. The van der Waals surface area contributed by atoms with Crippen molar-refractivity contribution in [2.75, 3.05) is 6.54 Å². The maximum atomic E-state index is 12.1. The van der Waals surface area contributed by atoms with Gasteiger partial charge in [-0.15, -0.1) is 0 Å². The standard InChI is InChI=1S/C17H17N3O/c21-17-18-15-8-4-7-14-12-19(9-10-20(17)16(14)15)11-13-5-2-1-3-6-13/h1-8H,9-12H2,(H,18,21). The second-order valence-corrected chi connectivity index (χ2v) is 5.59. The second-order valence-electron chi connectivity index (χ2n) is 5.59. The van der Waals surface area contributed by atoms with Gasteiger partial charge in [-0.3, -0.25) is 9.47 Å². The van der Waals surface area contributed by atoms with Crippen molar-refractivity contribution in [1.82, 2.24) is 14.5 Å². The van der Waals surface area contributed by atoms with Crippen LogP contribution in [0.2, 0.25) is 0 Å². The lowest BCUT2D eigenvalue weighted by Gasteiger charge is -2.20. The molecule has 21 heavy (non-hydrogen) atoms. The lowest BCUT2D eigenvalue weighted by atomic mass is 10.1. The molecule has 0 saturated heterocycles. The molecule has 0 amide bonds. The quantitative estimate of drug-likeness (QED) is 0.782. The lowest BCUT2D eigenvalue weighted by Crippen LogP contribution is -2.27. The maximum Gasteiger partial charge on any atom is 0.326 e. The minimum atomic E-state index is -0.000916. The second kappa shape index (κ2) is 4.90. The van der Waals surface area contributed by atoms with Crippen molar-refractivity contribution in [2.45, 2.75) is 19.6 Å². The fourth-order valence-corrected chi connectivity index (χ4v) is 3.17. The van der Waals surface area contributed by atoms with Gasteiger partial charge in [-0.05, 0) is 17.2 Å². The van der Waals surface area contributed by atoms with Gasteiger partial charge in [-0.25, -0.2) is 4.79 Å². The van der Waals surface area contributed by atoms with Crippen LogP contribution >= 0.6 is 0 Å². The summed E-state index contributed by atoms with van der Waals surface area (Å²) >= 11 is 0. The molecule has 3 aromatic rings. The Hall–Kier alpha value is -2.33. The number of nitrogens with zero attached hydrogens (tertiary/aromatic N) is 2. The molecule has 2 aromatic carbocycles. The molecule has 0 aliphatic carbocycles. The van der Waals surface area contributed by atoms with Gasteiger partial charge >= 0.3 is 5.69 Å². The van der Waals surface area contributed by atoms with Crippen molar-refractivity contribution in [3.63, 3.8) is 0 Å². The predicted molar refractivity (Wildman–Crippen MR) is 83.1 cm³/mol. The highest BCUT2D eigenvalue weighted by Gasteiger charge is 2.18. The third-order valence-corrected chi connectivity index (χ3v) is 4.16. The number of aromatic nitrogens is 2. The first-order valence-electron chi connectivity index (χ1n) is 7.28. The lowest BCUT2D eigenvalue weighted by molar-refractivity contribution is 0.253. The molecular formula is C17H17N3O. The molecule has 1 aliphatic heterocycles. The van der Waals surface area contributed by atoms with Crippen LogP contribution in [0.3, 0.4) is 0 Å². The van der Waals surface area contributed by atoms with E-state index in [4.69, 9.17) is 0 Å². The molecule has 0 fully saturated rings. The average molecular weight is 279 g/mol. The number of aromatic amines is 1. The van der Waals surface area contributed by atoms with Crippen LogP contribution in [0.4, 0.5) is 0 Å². The Bertz CT molecular complexity index is 832. The zero-order valence-corrected chi connectivity index (χ0v) is 11.7. The van der Waals surface area contributed by atoms with E-state index in [-0.39, 0.29) is 5.69 Å². The Labute approximate surface area is 122 Å². The van der Waals surface area contributed by atoms with E-state index in [0.717, 1.165) is 37.2 Å². The topological polar surface area (TPSA) is 41.0 Å². The van der Waals surface area contributed by atoms with Crippen molar-refractivity contribution >= 4 is 11.0 Å². The normalized spacial score (nSPS) is 15.2. The minimum Gasteiger partial charge on any atom is -0.306 e. The van der Waals surface area contributed by atoms with E-state index in [1.54, 1.807) is 0 Å². The summed E-state index contributed by atoms with van der Waals surface area (Å²) in [6.45, 7) is 3.42. The van der Waals surface area contributed by atoms with E-state index < -0.39 is 0 Å². The molecule has 1 aromatic heterocycles. The number of rotatable bonds is 2. The first-order chi connectivity index (χ1) is 10.3. The number of hydrogen-bond acceptors (Lipinski definition) is 2. The van der Waals surface area contributed by atoms with Crippen LogP contribution in [0.1, 0.15) is 11.1 Å². The molecule has 1 aliphatic rings. The van der Waals surface area contributed by atoms with Gasteiger partial charge < -0.3 is 4.98 Å². The zero-order valence-electron chi connectivity index (χ0n) is 11.7. The molecule has 0 spiro atoms. The van der Waals surface area contributed by atoms with Gasteiger partial charge in [0.25, 0.3) is 0 Å². The van der Waals surface area contributed by atoms with Gasteiger partial charge in [-0.2, -0.15) is 0 Å². The van der Waals surface area contributed by atoms with E-state index in [1.807, 2.05) is 22.8 Å². The van der Waals surface area contributed by atoms with Gasteiger partial charge in [0, 0.05) is 26.2 Å². The molecule has 0 atom stereocenters. The van der Waals surface area contributed by atoms with Crippen LogP contribution < -0.4 is 5.69 Å². The number of nitrogens with one attached hydrogen (secondary N) is 1. The van der Waals surface area contributed by atoms with E-state index in [2.05, 4.69) is 40.2 Å². The average Bonchev–Trinajstić information content (AvgIpc) is 2.70. The van der Waals surface area contributed by atoms with Gasteiger partial charge in [0.2, 0.25) is 0 Å². The molecule has 0 unspecified atom stereocenters. The molecule has 0 bridgehead atoms. The Kier molecular flexibility index (Phi) is 2.89. The summed E-state index contributed by atoms with van der Waals surface area (Å²) < 4.78 is 1.87. The van der Waals surface area contributed by atoms with Crippen LogP contribution in [0.25, 0.3) is 11.0 Å². The highest BCUT2D eigenvalue weighted by molar-refractivity contribution is 5.79. The number of benzene rings is 2. The summed E-state index contributed by atoms with van der Waals surface area (Å²) in [7, 11) is 0. The third-order valence-electron chi connectivity index (χ3n) is 4.16. The van der Waals surface area contributed by atoms with Gasteiger partial charge in [0.05, 0.1) is 11.0 Å². The first-order valence-corrected chi connectivity index (χ1v) is 7.28. The van der Waals surface area contributed by atoms with E-state index in [9.17, 15) is 4.79 Å². The summed E-state index contributed by atoms with van der Waals surface area (Å²) in [6.07, 6.45) is 0. The molecule has 4 nitrogen and oxygen atoms in total. The highest BCUT2D eigenvalue weighted by Crippen LogP contribution is 2.21. The van der Waals surface area contributed by atoms with Crippen molar-refractivity contribution in [3.8, 4) is 0 Å². The van der Waals surface area contributed by atoms with Crippen LogP contribution in [0.15, 0.2) is 53.3 Å². The SMILES string of the molecule is O=c1[nH]c2cccc3c2n1CCN(Cc1ccccc1)C3. The van der Waals surface area contributed by atoms with Gasteiger partial charge in [0.15, 0.2) is 0 Å². The molecule has 4 rings (SSSR count). The summed E-state index contributed by atoms with van der Waals surface area (Å²) in [5.74, 6) is 0. The number of imidazole rings is 1. The number of H-pyrrole nitrogens is 1. The van der Waals surface area contributed by atoms with Gasteiger partial charge in [0.1, 0.15) is 0 Å². The number of hydrogen-bond donors (Lipinski definition) is 1. The van der Waals surface area contributed by atoms with Crippen molar-refractivity contribution in [2.24, 2.45) is 0 Å². The zero-order chi connectivity index (χ0) is 14.2. The fraction of sp³-hybridized carbons (Fsp3) is 0.235. The van der Waals surface area contributed by atoms with Crippen LogP contribution in [0, 0.1) is 0 Å². The van der Waals surface area contributed by atoms with Crippen LogP contribution in [0.5, 0.6) is 0 Å². The fourth-order valence-electron chi connectivity index (χ4n) is 3.17. The summed E-state index contributed by atoms with van der Waals surface area (Å²) in [5, 5.41) is 0. The van der Waals surface area contributed by atoms with Crippen molar-refractivity contribution < 1.29 is 0 Å². The Morgan fingerprint density at radius 1 is 1.00 bits per heavy atom. The molecule has 2 heterocycles. The van der Waals surface area contributed by atoms with Crippen molar-refractivity contribution in [3.05, 3.63) is 70.1 Å². The predicted octanol–water partition coefficient (Wildman–Crippen LogP) is 2.35. The monoisotopic (exact) mass is 279 g/mol. The maximum absolute atomic E-state index is 12.1. The van der Waals surface area contributed by atoms with E-state index >= 15 is 0 Å². The van der Waals surface area contributed by atoms with Crippen LogP contribution in [-0.4, -0.2) is 21.0 Å².